The normalized spacial score (nSPS) is 14.2. The lowest BCUT2D eigenvalue weighted by Crippen LogP contribution is -2.35. The van der Waals surface area contributed by atoms with Gasteiger partial charge in [-0.15, -0.1) is 0 Å². The number of pyridine rings is 2. The first-order chi connectivity index (χ1) is 25.9. The molecule has 1 fully saturated rings. The Balaban J connectivity index is 0.000000197. The molecule has 284 valence electrons. The van der Waals surface area contributed by atoms with Crippen molar-refractivity contribution in [2.75, 3.05) is 23.9 Å². The monoisotopic (exact) mass is 736 g/mol. The molecule has 2 aromatic carbocycles. The zero-order chi connectivity index (χ0) is 38.6. The summed E-state index contributed by atoms with van der Waals surface area (Å²) in [5, 5.41) is 2.93. The Bertz CT molecular complexity index is 2240. The molecule has 0 spiro atoms. The molecule has 6 aromatic rings. The maximum absolute atomic E-state index is 13.3. The van der Waals surface area contributed by atoms with Crippen LogP contribution in [0.4, 0.5) is 31.8 Å². The van der Waals surface area contributed by atoms with Crippen LogP contribution in [-0.4, -0.2) is 55.0 Å². The number of anilines is 4. The average Bonchev–Trinajstić information content (AvgIpc) is 3.76. The summed E-state index contributed by atoms with van der Waals surface area (Å²) in [7, 11) is 7.98. The van der Waals surface area contributed by atoms with Crippen molar-refractivity contribution in [2.45, 2.75) is 71.4 Å². The van der Waals surface area contributed by atoms with E-state index in [0.29, 0.717) is 13.1 Å². The van der Waals surface area contributed by atoms with Crippen LogP contribution in [-0.2, 0) is 44.8 Å². The van der Waals surface area contributed by atoms with Crippen molar-refractivity contribution >= 4 is 51.0 Å². The molecule has 11 nitrogen and oxygen atoms in total. The van der Waals surface area contributed by atoms with Gasteiger partial charge < -0.3 is 30.0 Å². The number of aromatic nitrogens is 6. The van der Waals surface area contributed by atoms with E-state index in [2.05, 4.69) is 79.2 Å². The van der Waals surface area contributed by atoms with E-state index in [1.54, 1.807) is 12.5 Å². The molecule has 0 unspecified atom stereocenters. The van der Waals surface area contributed by atoms with E-state index in [-0.39, 0.29) is 37.5 Å². The van der Waals surface area contributed by atoms with Crippen LogP contribution in [0.15, 0.2) is 73.6 Å². The first kappa shape index (κ1) is 38.3. The fourth-order valence-electron chi connectivity index (χ4n) is 7.02. The summed E-state index contributed by atoms with van der Waals surface area (Å²) in [5.74, 6) is -1.34. The summed E-state index contributed by atoms with van der Waals surface area (Å²) in [6.07, 6.45) is 9.05. The highest BCUT2D eigenvalue weighted by molar-refractivity contribution is 5.81. The second kappa shape index (κ2) is 16.3. The molecule has 1 saturated carbocycles. The van der Waals surface area contributed by atoms with Gasteiger partial charge in [-0.25, -0.2) is 28.7 Å². The van der Waals surface area contributed by atoms with Gasteiger partial charge in [0.25, 0.3) is 0 Å². The molecular weight excluding hydrogens is 687 g/mol. The van der Waals surface area contributed by atoms with Crippen LogP contribution in [0, 0.1) is 5.92 Å². The highest BCUT2D eigenvalue weighted by Gasteiger charge is 2.37. The van der Waals surface area contributed by atoms with E-state index in [1.165, 1.54) is 5.56 Å². The molecule has 0 radical (unpaired) electrons. The van der Waals surface area contributed by atoms with Gasteiger partial charge in [-0.2, -0.15) is 0 Å². The van der Waals surface area contributed by atoms with Gasteiger partial charge in [-0.1, -0.05) is 38.1 Å². The van der Waals surface area contributed by atoms with E-state index >= 15 is 0 Å². The molecule has 1 aliphatic rings. The van der Waals surface area contributed by atoms with Crippen LogP contribution < -0.4 is 20.9 Å². The first-order valence-corrected chi connectivity index (χ1v) is 18.5. The number of fused-ring (bicyclic) bond motifs is 2. The number of rotatable bonds is 10. The van der Waals surface area contributed by atoms with Gasteiger partial charge in [0.15, 0.2) is 0 Å². The topological polar surface area (TPSA) is 123 Å². The number of nitrogens with two attached hydrogens (primary N) is 1. The number of alkyl halides is 2. The number of carbonyl (C=O) groups excluding carboxylic acids is 1. The number of halogens is 2. The van der Waals surface area contributed by atoms with Crippen molar-refractivity contribution in [1.82, 2.24) is 34.4 Å². The van der Waals surface area contributed by atoms with E-state index in [4.69, 9.17) is 5.73 Å². The number of aryl methyl sites for hydroxylation is 4. The predicted octanol–water partition coefficient (Wildman–Crippen LogP) is 7.50. The number of hydrogen-bond acceptors (Lipinski definition) is 8. The fourth-order valence-corrected chi connectivity index (χ4v) is 7.02. The molecule has 4 heterocycles. The van der Waals surface area contributed by atoms with Gasteiger partial charge in [-0.05, 0) is 60.1 Å². The van der Waals surface area contributed by atoms with E-state index in [1.807, 2.05) is 68.0 Å². The number of carbonyl (C=O) groups is 1. The molecule has 0 atom stereocenters. The van der Waals surface area contributed by atoms with Crippen molar-refractivity contribution in [3.63, 3.8) is 0 Å². The van der Waals surface area contributed by atoms with Crippen molar-refractivity contribution < 1.29 is 13.6 Å². The smallest absolute Gasteiger partial charge is 0.248 e. The summed E-state index contributed by atoms with van der Waals surface area (Å²) in [4.78, 5) is 34.3. The Labute approximate surface area is 315 Å². The van der Waals surface area contributed by atoms with E-state index in [9.17, 15) is 13.6 Å². The molecule has 0 saturated heterocycles. The highest BCUT2D eigenvalue weighted by Crippen LogP contribution is 2.36. The minimum Gasteiger partial charge on any atom is -0.352 e. The molecule has 0 bridgehead atoms. The Hall–Kier alpha value is -5.43. The van der Waals surface area contributed by atoms with Crippen LogP contribution >= 0.6 is 0 Å². The predicted molar refractivity (Wildman–Crippen MR) is 211 cm³/mol. The summed E-state index contributed by atoms with van der Waals surface area (Å²) in [6.45, 7) is 5.21. The van der Waals surface area contributed by atoms with Gasteiger partial charge in [0.05, 0.1) is 36.1 Å². The van der Waals surface area contributed by atoms with E-state index < -0.39 is 5.92 Å². The molecule has 54 heavy (non-hydrogen) atoms. The number of imidazole rings is 2. The van der Waals surface area contributed by atoms with E-state index in [0.717, 1.165) is 74.6 Å². The SMILES string of the molecule is CCc1cc(CN)ccc1N(C)c1cc2c(cn1)ncn2C.CCc1cc(CNC(=O)C2CCC(F)(F)CC2)ccc1N(C)c1cc2c(cn1)ncn2C. The lowest BCUT2D eigenvalue weighted by molar-refractivity contribution is -0.129. The number of benzene rings is 2. The number of nitrogens with zero attached hydrogens (tertiary/aromatic N) is 8. The van der Waals surface area contributed by atoms with Gasteiger partial charge in [0.2, 0.25) is 11.8 Å². The minimum atomic E-state index is -2.62. The van der Waals surface area contributed by atoms with Gasteiger partial charge in [-0.3, -0.25) is 4.79 Å². The van der Waals surface area contributed by atoms with Gasteiger partial charge >= 0.3 is 0 Å². The number of hydrogen-bond donors (Lipinski definition) is 2. The van der Waals surface area contributed by atoms with Gasteiger partial charge in [0, 0.05) is 83.5 Å². The minimum absolute atomic E-state index is 0.131. The third-order valence-electron chi connectivity index (χ3n) is 10.4. The standard InChI is InChI=1S/C24H29F2N5O.C17H21N5/c1-4-17-11-16(13-28-23(32)18-7-9-24(25,26)10-8-18)5-6-20(17)31(3)22-12-21-19(14-27-22)29-15-30(21)2;1-4-13-7-12(9-18)5-6-15(13)22(3)17-8-16-14(10-19-17)20-11-21(16)2/h5-6,11-12,14-15,18H,4,7-10,13H2,1-3H3,(H,28,32);5-8,10-11H,4,9,18H2,1-3H3. The lowest BCUT2D eigenvalue weighted by atomic mass is 9.86. The maximum Gasteiger partial charge on any atom is 0.248 e. The first-order valence-electron chi connectivity index (χ1n) is 18.5. The highest BCUT2D eigenvalue weighted by atomic mass is 19.3. The molecule has 13 heteroatoms. The molecule has 7 rings (SSSR count). The Kier molecular flexibility index (Phi) is 11.6. The molecule has 0 aliphatic heterocycles. The maximum atomic E-state index is 13.3. The zero-order valence-electron chi connectivity index (χ0n) is 32.0. The molecular formula is C41H50F2N10O. The Morgan fingerprint density at radius 3 is 1.76 bits per heavy atom. The molecule has 4 aromatic heterocycles. The fraction of sp³-hybridized carbons (Fsp3) is 0.390. The zero-order valence-corrected chi connectivity index (χ0v) is 32.0. The second-order valence-corrected chi connectivity index (χ2v) is 14.1. The molecule has 1 aliphatic carbocycles. The summed E-state index contributed by atoms with van der Waals surface area (Å²) >= 11 is 0. The third kappa shape index (κ3) is 8.36. The van der Waals surface area contributed by atoms with Crippen molar-refractivity contribution in [2.24, 2.45) is 25.7 Å². The van der Waals surface area contributed by atoms with Crippen molar-refractivity contribution in [3.05, 3.63) is 95.8 Å². The third-order valence-corrected chi connectivity index (χ3v) is 10.4. The van der Waals surface area contributed by atoms with Crippen molar-refractivity contribution in [3.8, 4) is 0 Å². The lowest BCUT2D eigenvalue weighted by Gasteiger charge is -2.27. The Morgan fingerprint density at radius 2 is 1.28 bits per heavy atom. The number of amides is 1. The Morgan fingerprint density at radius 1 is 0.796 bits per heavy atom. The van der Waals surface area contributed by atoms with Crippen molar-refractivity contribution in [1.29, 1.82) is 0 Å². The largest absolute Gasteiger partial charge is 0.352 e. The molecule has 3 N–H and O–H groups in total. The summed E-state index contributed by atoms with van der Waals surface area (Å²) < 4.78 is 30.6. The van der Waals surface area contributed by atoms with Crippen LogP contribution in [0.25, 0.3) is 22.1 Å². The van der Waals surface area contributed by atoms with Crippen LogP contribution in [0.2, 0.25) is 0 Å². The summed E-state index contributed by atoms with van der Waals surface area (Å²) in [6, 6.07) is 16.6. The van der Waals surface area contributed by atoms with Crippen LogP contribution in [0.1, 0.15) is 61.8 Å². The summed E-state index contributed by atoms with van der Waals surface area (Å²) in [5.41, 5.74) is 16.4. The van der Waals surface area contributed by atoms with Crippen LogP contribution in [0.3, 0.4) is 0 Å². The number of nitrogens with one attached hydrogen (secondary N) is 1. The average molecular weight is 737 g/mol. The second-order valence-electron chi connectivity index (χ2n) is 14.1. The quantitative estimate of drug-likeness (QED) is 0.148. The van der Waals surface area contributed by atoms with Gasteiger partial charge in [0.1, 0.15) is 22.7 Å². The molecule has 1 amide bonds. The van der Waals surface area contributed by atoms with Crippen LogP contribution in [0.5, 0.6) is 0 Å².